The lowest BCUT2D eigenvalue weighted by Crippen LogP contribution is -2.46. The van der Waals surface area contributed by atoms with Crippen LogP contribution in [0.2, 0.25) is 0 Å². The molecule has 16 heavy (non-hydrogen) atoms. The molecule has 0 heterocycles. The molecule has 1 unspecified atom stereocenters. The molecule has 0 aliphatic heterocycles. The zero-order valence-electron chi connectivity index (χ0n) is 10.4. The number of likely N-dealkylation sites (N-methyl/N-ethyl adjacent to an activating group) is 1. The van der Waals surface area contributed by atoms with Crippen molar-refractivity contribution in [2.24, 2.45) is 5.92 Å². The first-order valence-electron chi connectivity index (χ1n) is 5.45. The first-order chi connectivity index (χ1) is 7.38. The van der Waals surface area contributed by atoms with Crippen molar-refractivity contribution in [3.05, 3.63) is 0 Å². The molecule has 0 fully saturated rings. The molecule has 0 aromatic heterocycles. The van der Waals surface area contributed by atoms with Gasteiger partial charge in [0, 0.05) is 25.8 Å². The number of hydrogen-bond acceptors (Lipinski definition) is 2. The van der Waals surface area contributed by atoms with E-state index in [1.54, 1.807) is 14.1 Å². The maximum Gasteiger partial charge on any atom is 0.244 e. The van der Waals surface area contributed by atoms with Crippen LogP contribution in [0.5, 0.6) is 0 Å². The number of nitrogens with one attached hydrogen (secondary N) is 1. The van der Waals surface area contributed by atoms with Gasteiger partial charge >= 0.3 is 0 Å². The predicted octanol–water partition coefficient (Wildman–Crippen LogP) is 1.39. The average molecular weight is 293 g/mol. The molecule has 1 atom stereocenters. The highest BCUT2D eigenvalue weighted by molar-refractivity contribution is 9.09. The molecule has 0 saturated carbocycles. The zero-order chi connectivity index (χ0) is 12.7. The molecular weight excluding hydrogens is 272 g/mol. The third kappa shape index (κ3) is 6.10. The normalized spacial score (nSPS) is 12.4. The van der Waals surface area contributed by atoms with Crippen LogP contribution in [0.15, 0.2) is 0 Å². The summed E-state index contributed by atoms with van der Waals surface area (Å²) in [5, 5.41) is 3.38. The van der Waals surface area contributed by atoms with Crippen molar-refractivity contribution in [2.75, 3.05) is 19.4 Å². The quantitative estimate of drug-likeness (QED) is 0.752. The van der Waals surface area contributed by atoms with Crippen LogP contribution in [0.4, 0.5) is 0 Å². The number of halogens is 1. The number of nitrogens with zero attached hydrogens (tertiary/aromatic N) is 1. The van der Waals surface area contributed by atoms with Crippen LogP contribution in [0, 0.1) is 5.92 Å². The third-order valence-corrected chi connectivity index (χ3v) is 2.50. The predicted molar refractivity (Wildman–Crippen MR) is 68.5 cm³/mol. The first kappa shape index (κ1) is 15.4. The van der Waals surface area contributed by atoms with E-state index in [9.17, 15) is 9.59 Å². The van der Waals surface area contributed by atoms with Crippen LogP contribution >= 0.6 is 15.9 Å². The number of amides is 2. The molecule has 0 aliphatic rings. The Morgan fingerprint density at radius 1 is 1.31 bits per heavy atom. The average Bonchev–Trinajstić information content (AvgIpc) is 2.15. The van der Waals surface area contributed by atoms with Gasteiger partial charge in [-0.1, -0.05) is 29.8 Å². The van der Waals surface area contributed by atoms with E-state index in [0.29, 0.717) is 24.1 Å². The van der Waals surface area contributed by atoms with E-state index in [4.69, 9.17) is 0 Å². The monoisotopic (exact) mass is 292 g/mol. The summed E-state index contributed by atoms with van der Waals surface area (Å²) < 4.78 is 0. The van der Waals surface area contributed by atoms with Crippen LogP contribution in [-0.4, -0.2) is 42.2 Å². The van der Waals surface area contributed by atoms with E-state index in [-0.39, 0.29) is 11.8 Å². The molecule has 0 aromatic carbocycles. The van der Waals surface area contributed by atoms with Crippen molar-refractivity contribution in [1.82, 2.24) is 10.2 Å². The molecule has 0 spiro atoms. The fourth-order valence-electron chi connectivity index (χ4n) is 1.36. The molecule has 0 radical (unpaired) electrons. The Labute approximate surface area is 106 Å². The van der Waals surface area contributed by atoms with Crippen molar-refractivity contribution < 1.29 is 9.59 Å². The molecule has 5 heteroatoms. The maximum absolute atomic E-state index is 11.8. The van der Waals surface area contributed by atoms with Gasteiger partial charge in [0.25, 0.3) is 0 Å². The summed E-state index contributed by atoms with van der Waals surface area (Å²) in [5.74, 6) is 0.243. The smallest absolute Gasteiger partial charge is 0.244 e. The van der Waals surface area contributed by atoms with Gasteiger partial charge in [-0.25, -0.2) is 0 Å². The number of hydrogen-bond donors (Lipinski definition) is 1. The highest BCUT2D eigenvalue weighted by Crippen LogP contribution is 2.07. The highest BCUT2D eigenvalue weighted by Gasteiger charge is 2.22. The van der Waals surface area contributed by atoms with Gasteiger partial charge in [0.05, 0.1) is 0 Å². The highest BCUT2D eigenvalue weighted by atomic mass is 79.9. The summed E-state index contributed by atoms with van der Waals surface area (Å²) in [6.07, 6.45) is 1.07. The first-order valence-corrected chi connectivity index (χ1v) is 6.57. The molecule has 2 amide bonds. The number of rotatable bonds is 6. The van der Waals surface area contributed by atoms with Crippen molar-refractivity contribution >= 4 is 27.7 Å². The largest absolute Gasteiger partial charge is 0.347 e. The minimum absolute atomic E-state index is 0.0448. The van der Waals surface area contributed by atoms with Crippen molar-refractivity contribution in [2.45, 2.75) is 32.7 Å². The Bertz CT molecular complexity index is 242. The van der Waals surface area contributed by atoms with E-state index in [1.807, 2.05) is 13.8 Å². The lowest BCUT2D eigenvalue weighted by atomic mass is 10.0. The van der Waals surface area contributed by atoms with E-state index in [2.05, 4.69) is 21.2 Å². The van der Waals surface area contributed by atoms with Crippen LogP contribution in [-0.2, 0) is 9.59 Å². The van der Waals surface area contributed by atoms with Crippen molar-refractivity contribution in [3.8, 4) is 0 Å². The zero-order valence-corrected chi connectivity index (χ0v) is 12.0. The van der Waals surface area contributed by atoms with Gasteiger partial charge < -0.3 is 10.2 Å². The summed E-state index contributed by atoms with van der Waals surface area (Å²) in [5.41, 5.74) is 0. The SMILES string of the molecule is CC(C)CC(NC(=O)CCBr)C(=O)N(C)C. The molecule has 94 valence electrons. The van der Waals surface area contributed by atoms with Crippen LogP contribution in [0.1, 0.15) is 26.7 Å². The third-order valence-electron chi connectivity index (χ3n) is 2.10. The summed E-state index contributed by atoms with van der Waals surface area (Å²) >= 11 is 3.20. The number of carbonyl (C=O) groups is 2. The van der Waals surface area contributed by atoms with Gasteiger partial charge in [0.2, 0.25) is 11.8 Å². The Kier molecular flexibility index (Phi) is 7.38. The van der Waals surface area contributed by atoms with Gasteiger partial charge in [-0.05, 0) is 12.3 Å². The topological polar surface area (TPSA) is 49.4 Å². The second-order valence-electron chi connectivity index (χ2n) is 4.42. The van der Waals surface area contributed by atoms with E-state index in [1.165, 1.54) is 4.90 Å². The van der Waals surface area contributed by atoms with E-state index < -0.39 is 6.04 Å². The van der Waals surface area contributed by atoms with Crippen molar-refractivity contribution in [3.63, 3.8) is 0 Å². The molecule has 0 bridgehead atoms. The Hall–Kier alpha value is -0.580. The standard InChI is InChI=1S/C11H21BrN2O2/c1-8(2)7-9(11(16)14(3)4)13-10(15)5-6-12/h8-9H,5-7H2,1-4H3,(H,13,15). The van der Waals surface area contributed by atoms with E-state index >= 15 is 0 Å². The molecule has 0 aliphatic carbocycles. The molecular formula is C11H21BrN2O2. The fourth-order valence-corrected chi connectivity index (χ4v) is 1.72. The van der Waals surface area contributed by atoms with Gasteiger partial charge in [-0.2, -0.15) is 0 Å². The minimum Gasteiger partial charge on any atom is -0.347 e. The Balaban J connectivity index is 4.43. The van der Waals surface area contributed by atoms with Gasteiger partial charge in [0.15, 0.2) is 0 Å². The summed E-state index contributed by atoms with van der Waals surface area (Å²) in [6, 6.07) is -0.401. The van der Waals surface area contributed by atoms with Gasteiger partial charge in [0.1, 0.15) is 6.04 Å². The summed E-state index contributed by atoms with van der Waals surface area (Å²) in [7, 11) is 3.40. The number of alkyl halides is 1. The molecule has 0 rings (SSSR count). The second kappa shape index (κ2) is 7.65. The minimum atomic E-state index is -0.401. The number of carbonyl (C=O) groups excluding carboxylic acids is 2. The molecule has 1 N–H and O–H groups in total. The van der Waals surface area contributed by atoms with Gasteiger partial charge in [-0.15, -0.1) is 0 Å². The fraction of sp³-hybridized carbons (Fsp3) is 0.818. The maximum atomic E-state index is 11.8. The summed E-state index contributed by atoms with van der Waals surface area (Å²) in [4.78, 5) is 24.8. The van der Waals surface area contributed by atoms with Crippen molar-refractivity contribution in [1.29, 1.82) is 0 Å². The van der Waals surface area contributed by atoms with Crippen LogP contribution in [0.3, 0.4) is 0 Å². The molecule has 0 aromatic rings. The lowest BCUT2D eigenvalue weighted by molar-refractivity contribution is -0.134. The Morgan fingerprint density at radius 2 is 1.88 bits per heavy atom. The second-order valence-corrected chi connectivity index (χ2v) is 5.21. The molecule has 0 saturated heterocycles. The van der Waals surface area contributed by atoms with Gasteiger partial charge in [-0.3, -0.25) is 9.59 Å². The lowest BCUT2D eigenvalue weighted by Gasteiger charge is -2.23. The van der Waals surface area contributed by atoms with Crippen LogP contribution < -0.4 is 5.32 Å². The van der Waals surface area contributed by atoms with Crippen LogP contribution in [0.25, 0.3) is 0 Å². The summed E-state index contributed by atoms with van der Waals surface area (Å²) in [6.45, 7) is 4.07. The molecule has 4 nitrogen and oxygen atoms in total. The Morgan fingerprint density at radius 3 is 2.25 bits per heavy atom. The van der Waals surface area contributed by atoms with E-state index in [0.717, 1.165) is 0 Å².